The van der Waals surface area contributed by atoms with Gasteiger partial charge in [-0.15, -0.1) is 0 Å². The van der Waals surface area contributed by atoms with Gasteiger partial charge in [-0.3, -0.25) is 4.79 Å². The summed E-state index contributed by atoms with van der Waals surface area (Å²) in [6, 6.07) is 5.64. The summed E-state index contributed by atoms with van der Waals surface area (Å²) >= 11 is 0. The second-order valence-electron chi connectivity index (χ2n) is 7.58. The number of fused-ring (bicyclic) bond motifs is 1. The Labute approximate surface area is 164 Å². The first-order chi connectivity index (χ1) is 13.4. The molecular formula is C19H26N4O4S. The highest BCUT2D eigenvalue weighted by atomic mass is 32.2. The van der Waals surface area contributed by atoms with E-state index in [1.165, 1.54) is 10.6 Å². The molecule has 0 unspecified atom stereocenters. The number of ether oxygens (including phenoxy) is 1. The maximum absolute atomic E-state index is 12.8. The Balaban J connectivity index is 1.60. The molecule has 2 aliphatic rings. The number of carbonyl (C=O) groups is 1. The number of hydrogen-bond donors (Lipinski definition) is 1. The molecule has 1 N–H and O–H groups in total. The van der Waals surface area contributed by atoms with Gasteiger partial charge in [0.15, 0.2) is 5.69 Å². The normalized spacial score (nSPS) is 23.9. The summed E-state index contributed by atoms with van der Waals surface area (Å²) in [6.45, 7) is 2.15. The average Bonchev–Trinajstić information content (AvgIpc) is 3.33. The maximum atomic E-state index is 12.8. The number of aromatic nitrogens is 2. The number of sulfonamides is 1. The molecule has 2 aliphatic heterocycles. The van der Waals surface area contributed by atoms with Crippen LogP contribution in [0.25, 0.3) is 5.52 Å². The highest BCUT2D eigenvalue weighted by Gasteiger charge is 2.31. The van der Waals surface area contributed by atoms with Crippen molar-refractivity contribution in [3.8, 4) is 0 Å². The van der Waals surface area contributed by atoms with E-state index in [1.54, 1.807) is 0 Å². The zero-order valence-corrected chi connectivity index (χ0v) is 16.8. The van der Waals surface area contributed by atoms with Crippen molar-refractivity contribution in [2.45, 2.75) is 37.7 Å². The lowest BCUT2D eigenvalue weighted by Crippen LogP contribution is -2.38. The number of piperidine rings is 1. The van der Waals surface area contributed by atoms with Crippen molar-refractivity contribution >= 4 is 21.4 Å². The molecule has 0 spiro atoms. The number of rotatable bonds is 5. The molecule has 0 aliphatic carbocycles. The van der Waals surface area contributed by atoms with Gasteiger partial charge in [0.25, 0.3) is 5.91 Å². The fourth-order valence-electron chi connectivity index (χ4n) is 4.07. The lowest BCUT2D eigenvalue weighted by molar-refractivity contribution is 0.0855. The van der Waals surface area contributed by atoms with Gasteiger partial charge in [-0.05, 0) is 37.8 Å². The highest BCUT2D eigenvalue weighted by Crippen LogP contribution is 2.29. The predicted molar refractivity (Wildman–Crippen MR) is 105 cm³/mol. The standard InChI is InChI=1S/C19H26N4O4S/c1-28(25,26)22-9-4-6-14(13-22)18-21-17(16-8-2-3-10-23(16)18)19(24)20-12-15-7-5-11-27-15/h2-3,8,10,14-15H,4-7,9,11-13H2,1H3,(H,20,24)/t14-,15+/m0/s1. The zero-order chi connectivity index (χ0) is 19.7. The molecule has 8 nitrogen and oxygen atoms in total. The first kappa shape index (κ1) is 19.4. The van der Waals surface area contributed by atoms with Crippen LogP contribution in [0.5, 0.6) is 0 Å². The molecule has 2 saturated heterocycles. The van der Waals surface area contributed by atoms with Gasteiger partial charge in [-0.25, -0.2) is 17.7 Å². The molecule has 2 atom stereocenters. The summed E-state index contributed by atoms with van der Waals surface area (Å²) in [5.41, 5.74) is 1.11. The van der Waals surface area contributed by atoms with Crippen molar-refractivity contribution in [1.29, 1.82) is 0 Å². The molecule has 0 aromatic carbocycles. The summed E-state index contributed by atoms with van der Waals surface area (Å²) in [4.78, 5) is 17.4. The van der Waals surface area contributed by atoms with E-state index in [4.69, 9.17) is 4.74 Å². The molecule has 2 aromatic heterocycles. The smallest absolute Gasteiger partial charge is 0.272 e. The number of nitrogens with zero attached hydrogens (tertiary/aromatic N) is 3. The van der Waals surface area contributed by atoms with Crippen LogP contribution in [0, 0.1) is 0 Å². The monoisotopic (exact) mass is 406 g/mol. The first-order valence-corrected chi connectivity index (χ1v) is 11.6. The minimum atomic E-state index is -3.24. The van der Waals surface area contributed by atoms with Crippen LogP contribution in [0.3, 0.4) is 0 Å². The van der Waals surface area contributed by atoms with Crippen LogP contribution in [-0.4, -0.2) is 66.6 Å². The molecule has 28 heavy (non-hydrogen) atoms. The van der Waals surface area contributed by atoms with Gasteiger partial charge in [0.2, 0.25) is 10.0 Å². The SMILES string of the molecule is CS(=O)(=O)N1CCC[C@H](c2nc(C(=O)NC[C@H]3CCCO3)c3ccccn23)C1. The van der Waals surface area contributed by atoms with E-state index in [0.29, 0.717) is 25.3 Å². The van der Waals surface area contributed by atoms with Crippen molar-refractivity contribution in [3.05, 3.63) is 35.9 Å². The Morgan fingerprint density at radius 2 is 2.18 bits per heavy atom. The van der Waals surface area contributed by atoms with Crippen LogP contribution in [0.4, 0.5) is 0 Å². The number of hydrogen-bond acceptors (Lipinski definition) is 5. The van der Waals surface area contributed by atoms with Crippen molar-refractivity contribution in [3.63, 3.8) is 0 Å². The second kappa shape index (κ2) is 7.81. The van der Waals surface area contributed by atoms with E-state index < -0.39 is 10.0 Å². The number of nitrogens with one attached hydrogen (secondary N) is 1. The number of imidazole rings is 1. The quantitative estimate of drug-likeness (QED) is 0.810. The van der Waals surface area contributed by atoms with Crippen molar-refractivity contribution in [2.75, 3.05) is 32.5 Å². The average molecular weight is 407 g/mol. The van der Waals surface area contributed by atoms with E-state index in [2.05, 4.69) is 10.3 Å². The molecule has 2 aromatic rings. The molecule has 152 valence electrons. The van der Waals surface area contributed by atoms with Crippen molar-refractivity contribution in [1.82, 2.24) is 19.0 Å². The Morgan fingerprint density at radius 1 is 1.32 bits per heavy atom. The third-order valence-corrected chi connectivity index (χ3v) is 6.79. The van der Waals surface area contributed by atoms with Gasteiger partial charge >= 0.3 is 0 Å². The van der Waals surface area contributed by atoms with Crippen molar-refractivity contribution < 1.29 is 17.9 Å². The number of carbonyl (C=O) groups excluding carboxylic acids is 1. The minimum absolute atomic E-state index is 0.0434. The van der Waals surface area contributed by atoms with E-state index in [0.717, 1.165) is 43.6 Å². The fraction of sp³-hybridized carbons (Fsp3) is 0.579. The van der Waals surface area contributed by atoms with Gasteiger partial charge in [0.1, 0.15) is 5.82 Å². The predicted octanol–water partition coefficient (Wildman–Crippen LogP) is 1.38. The molecule has 2 fully saturated rings. The molecule has 1 amide bonds. The molecule has 0 bridgehead atoms. The minimum Gasteiger partial charge on any atom is -0.376 e. The molecule has 4 rings (SSSR count). The van der Waals surface area contributed by atoms with Gasteiger partial charge in [-0.1, -0.05) is 6.07 Å². The van der Waals surface area contributed by atoms with E-state index >= 15 is 0 Å². The Bertz CT molecular complexity index is 965. The van der Waals surface area contributed by atoms with Crippen LogP contribution >= 0.6 is 0 Å². The van der Waals surface area contributed by atoms with Gasteiger partial charge < -0.3 is 14.5 Å². The molecule has 4 heterocycles. The lowest BCUT2D eigenvalue weighted by atomic mass is 9.99. The summed E-state index contributed by atoms with van der Waals surface area (Å²) in [5, 5.41) is 2.94. The topological polar surface area (TPSA) is 93.0 Å². The molecular weight excluding hydrogens is 380 g/mol. The summed E-state index contributed by atoms with van der Waals surface area (Å²) in [5.74, 6) is 0.477. The lowest BCUT2D eigenvalue weighted by Gasteiger charge is -2.30. The van der Waals surface area contributed by atoms with Gasteiger partial charge in [0, 0.05) is 38.4 Å². The highest BCUT2D eigenvalue weighted by molar-refractivity contribution is 7.88. The fourth-order valence-corrected chi connectivity index (χ4v) is 4.98. The Hall–Kier alpha value is -1.97. The van der Waals surface area contributed by atoms with Crippen LogP contribution < -0.4 is 5.32 Å². The largest absolute Gasteiger partial charge is 0.376 e. The summed E-state index contributed by atoms with van der Waals surface area (Å²) in [6.07, 6.45) is 6.79. The van der Waals surface area contributed by atoms with Crippen LogP contribution in [-0.2, 0) is 14.8 Å². The Morgan fingerprint density at radius 3 is 2.93 bits per heavy atom. The molecule has 0 saturated carbocycles. The second-order valence-corrected chi connectivity index (χ2v) is 9.56. The molecule has 0 radical (unpaired) electrons. The Kier molecular flexibility index (Phi) is 5.39. The third kappa shape index (κ3) is 3.92. The van der Waals surface area contributed by atoms with Crippen LogP contribution in [0.1, 0.15) is 47.9 Å². The number of pyridine rings is 1. The van der Waals surface area contributed by atoms with E-state index in [9.17, 15) is 13.2 Å². The van der Waals surface area contributed by atoms with Gasteiger partial charge in [0.05, 0.1) is 17.9 Å². The third-order valence-electron chi connectivity index (χ3n) is 5.52. The summed E-state index contributed by atoms with van der Waals surface area (Å²) in [7, 11) is -3.24. The van der Waals surface area contributed by atoms with Gasteiger partial charge in [-0.2, -0.15) is 0 Å². The summed E-state index contributed by atoms with van der Waals surface area (Å²) < 4.78 is 32.9. The number of amides is 1. The van der Waals surface area contributed by atoms with Crippen LogP contribution in [0.15, 0.2) is 24.4 Å². The maximum Gasteiger partial charge on any atom is 0.272 e. The van der Waals surface area contributed by atoms with Crippen molar-refractivity contribution in [2.24, 2.45) is 0 Å². The first-order valence-electron chi connectivity index (χ1n) is 9.75. The zero-order valence-electron chi connectivity index (χ0n) is 16.0. The molecule has 9 heteroatoms. The van der Waals surface area contributed by atoms with E-state index in [1.807, 2.05) is 28.8 Å². The van der Waals surface area contributed by atoms with Crippen LogP contribution in [0.2, 0.25) is 0 Å². The van der Waals surface area contributed by atoms with E-state index in [-0.39, 0.29) is 17.9 Å².